The molecule has 118 valence electrons. The molecule has 3 rings (SSSR count). The number of halogens is 1. The van der Waals surface area contributed by atoms with E-state index >= 15 is 0 Å². The monoisotopic (exact) mass is 439 g/mol. The second kappa shape index (κ2) is 6.83. The molecule has 0 aliphatic rings. The highest BCUT2D eigenvalue weighted by Gasteiger charge is 2.12. The van der Waals surface area contributed by atoms with Gasteiger partial charge in [-0.2, -0.15) is 0 Å². The van der Waals surface area contributed by atoms with E-state index in [0.29, 0.717) is 10.9 Å². The number of hydrogen-bond acceptors (Lipinski definition) is 5. The lowest BCUT2D eigenvalue weighted by Crippen LogP contribution is -2.14. The van der Waals surface area contributed by atoms with Gasteiger partial charge in [-0.05, 0) is 66.8 Å². The normalized spacial score (nSPS) is 10.9. The lowest BCUT2D eigenvalue weighted by atomic mass is 10.3. The van der Waals surface area contributed by atoms with Gasteiger partial charge < -0.3 is 5.32 Å². The molecular weight excluding hydrogens is 425 g/mol. The van der Waals surface area contributed by atoms with Gasteiger partial charge in [0, 0.05) is 20.6 Å². The van der Waals surface area contributed by atoms with Crippen molar-refractivity contribution in [2.45, 2.75) is 19.0 Å². The van der Waals surface area contributed by atoms with Gasteiger partial charge in [0.25, 0.3) is 5.78 Å². The number of amides is 1. The van der Waals surface area contributed by atoms with Crippen LogP contribution in [0, 0.1) is 17.4 Å². The molecule has 0 unspecified atom stereocenters. The summed E-state index contributed by atoms with van der Waals surface area (Å²) in [5.41, 5.74) is 2.68. The van der Waals surface area contributed by atoms with Gasteiger partial charge in [-0.15, -0.1) is 10.2 Å². The number of nitrogens with zero attached hydrogens (tertiary/aromatic N) is 4. The Kier molecular flexibility index (Phi) is 4.81. The predicted molar refractivity (Wildman–Crippen MR) is 98.8 cm³/mol. The number of aryl methyl sites for hydroxylation is 2. The standard InChI is InChI=1S/C15H14IN5OS/c1-9-7-10(2)21-14(17-9)19-20-15(21)23-8-13(22)18-12-5-3-11(16)4-6-12/h3-7H,8H2,1-2H3,(H,18,22). The van der Waals surface area contributed by atoms with Crippen molar-refractivity contribution in [1.29, 1.82) is 0 Å². The first-order chi connectivity index (χ1) is 11.0. The molecule has 1 N–H and O–H groups in total. The number of carbonyl (C=O) groups is 1. The minimum atomic E-state index is -0.0781. The summed E-state index contributed by atoms with van der Waals surface area (Å²) in [6, 6.07) is 9.63. The molecule has 0 fully saturated rings. The molecule has 0 bridgehead atoms. The van der Waals surface area contributed by atoms with E-state index in [1.807, 2.05) is 48.6 Å². The van der Waals surface area contributed by atoms with Crippen LogP contribution in [0.1, 0.15) is 11.4 Å². The smallest absolute Gasteiger partial charge is 0.256 e. The molecular formula is C15H14IN5OS. The molecule has 2 aromatic heterocycles. The Hall–Kier alpha value is -1.68. The van der Waals surface area contributed by atoms with E-state index in [9.17, 15) is 4.79 Å². The first-order valence-corrected chi connectivity index (χ1v) is 8.97. The molecule has 0 atom stereocenters. The molecule has 23 heavy (non-hydrogen) atoms. The molecule has 1 aromatic carbocycles. The van der Waals surface area contributed by atoms with E-state index in [4.69, 9.17) is 0 Å². The summed E-state index contributed by atoms with van der Waals surface area (Å²) in [5, 5.41) is 11.7. The zero-order valence-electron chi connectivity index (χ0n) is 12.6. The van der Waals surface area contributed by atoms with Crippen LogP contribution in [0.2, 0.25) is 0 Å². The van der Waals surface area contributed by atoms with Crippen molar-refractivity contribution in [3.8, 4) is 0 Å². The van der Waals surface area contributed by atoms with E-state index in [1.165, 1.54) is 11.8 Å². The second-order valence-corrected chi connectivity index (χ2v) is 7.19. The minimum Gasteiger partial charge on any atom is -0.325 e. The molecule has 0 saturated carbocycles. The Balaban J connectivity index is 1.68. The Morgan fingerprint density at radius 1 is 1.26 bits per heavy atom. The summed E-state index contributed by atoms with van der Waals surface area (Å²) in [6.07, 6.45) is 0. The van der Waals surface area contributed by atoms with Crippen molar-refractivity contribution >= 4 is 51.7 Å². The minimum absolute atomic E-state index is 0.0781. The number of benzene rings is 1. The Labute approximate surface area is 151 Å². The van der Waals surface area contributed by atoms with E-state index in [0.717, 1.165) is 20.6 Å². The van der Waals surface area contributed by atoms with Crippen LogP contribution in [-0.4, -0.2) is 31.2 Å². The summed E-state index contributed by atoms with van der Waals surface area (Å²) in [4.78, 5) is 16.4. The Bertz CT molecular complexity index is 862. The van der Waals surface area contributed by atoms with Crippen LogP contribution in [0.3, 0.4) is 0 Å². The van der Waals surface area contributed by atoms with E-state index in [2.05, 4.69) is 43.1 Å². The summed E-state index contributed by atoms with van der Waals surface area (Å²) in [6.45, 7) is 3.89. The number of aromatic nitrogens is 4. The third-order valence-corrected chi connectivity index (χ3v) is 4.77. The highest BCUT2D eigenvalue weighted by Crippen LogP contribution is 2.19. The van der Waals surface area contributed by atoms with E-state index in [-0.39, 0.29) is 11.7 Å². The Morgan fingerprint density at radius 2 is 2.00 bits per heavy atom. The Morgan fingerprint density at radius 3 is 2.74 bits per heavy atom. The van der Waals surface area contributed by atoms with E-state index < -0.39 is 0 Å². The van der Waals surface area contributed by atoms with Crippen LogP contribution in [0.25, 0.3) is 5.78 Å². The number of thioether (sulfide) groups is 1. The zero-order valence-corrected chi connectivity index (χ0v) is 15.6. The van der Waals surface area contributed by atoms with Crippen LogP contribution >= 0.6 is 34.4 Å². The van der Waals surface area contributed by atoms with Crippen molar-refractivity contribution in [3.05, 3.63) is 45.3 Å². The third-order valence-electron chi connectivity index (χ3n) is 3.12. The van der Waals surface area contributed by atoms with Gasteiger partial charge in [-0.25, -0.2) is 4.98 Å². The lowest BCUT2D eigenvalue weighted by molar-refractivity contribution is -0.113. The van der Waals surface area contributed by atoms with Gasteiger partial charge >= 0.3 is 0 Å². The number of rotatable bonds is 4. The van der Waals surface area contributed by atoms with Crippen LogP contribution in [0.4, 0.5) is 5.69 Å². The third kappa shape index (κ3) is 3.81. The molecule has 6 nitrogen and oxygen atoms in total. The number of hydrogen-bond donors (Lipinski definition) is 1. The number of nitrogens with one attached hydrogen (secondary N) is 1. The maximum absolute atomic E-state index is 12.1. The molecule has 3 aromatic rings. The lowest BCUT2D eigenvalue weighted by Gasteiger charge is -2.06. The van der Waals surface area contributed by atoms with Crippen LogP contribution in [0.15, 0.2) is 35.5 Å². The number of carbonyl (C=O) groups excluding carboxylic acids is 1. The molecule has 1 amide bonds. The molecule has 2 heterocycles. The SMILES string of the molecule is Cc1cc(C)n2c(SCC(=O)Nc3ccc(I)cc3)nnc2n1. The summed E-state index contributed by atoms with van der Waals surface area (Å²) < 4.78 is 2.98. The summed E-state index contributed by atoms with van der Waals surface area (Å²) >= 11 is 3.57. The van der Waals surface area contributed by atoms with Gasteiger partial charge in [0.05, 0.1) is 5.75 Å². The van der Waals surface area contributed by atoms with Gasteiger partial charge in [0.1, 0.15) is 0 Å². The fourth-order valence-corrected chi connectivity index (χ4v) is 3.30. The van der Waals surface area contributed by atoms with Gasteiger partial charge in [-0.1, -0.05) is 11.8 Å². The van der Waals surface area contributed by atoms with Crippen molar-refractivity contribution in [2.75, 3.05) is 11.1 Å². The molecule has 8 heteroatoms. The molecule has 0 aliphatic carbocycles. The van der Waals surface area contributed by atoms with Crippen LogP contribution < -0.4 is 5.32 Å². The zero-order chi connectivity index (χ0) is 16.4. The average molecular weight is 439 g/mol. The fourth-order valence-electron chi connectivity index (χ4n) is 2.15. The summed E-state index contributed by atoms with van der Waals surface area (Å²) in [5.74, 6) is 0.744. The summed E-state index contributed by atoms with van der Waals surface area (Å²) in [7, 11) is 0. The van der Waals surface area contributed by atoms with Gasteiger partial charge in [0.15, 0.2) is 5.16 Å². The maximum atomic E-state index is 12.1. The molecule has 0 aliphatic heterocycles. The first-order valence-electron chi connectivity index (χ1n) is 6.90. The van der Waals surface area contributed by atoms with Crippen molar-refractivity contribution in [1.82, 2.24) is 19.6 Å². The molecule has 0 spiro atoms. The highest BCUT2D eigenvalue weighted by molar-refractivity contribution is 14.1. The van der Waals surface area contributed by atoms with Crippen LogP contribution in [0.5, 0.6) is 0 Å². The molecule has 0 saturated heterocycles. The van der Waals surface area contributed by atoms with E-state index in [1.54, 1.807) is 0 Å². The molecule has 0 radical (unpaired) electrons. The maximum Gasteiger partial charge on any atom is 0.256 e. The number of anilines is 1. The first kappa shape index (κ1) is 16.2. The largest absolute Gasteiger partial charge is 0.325 e. The van der Waals surface area contributed by atoms with Crippen LogP contribution in [-0.2, 0) is 4.79 Å². The van der Waals surface area contributed by atoms with Crippen molar-refractivity contribution in [3.63, 3.8) is 0 Å². The predicted octanol–water partition coefficient (Wildman–Crippen LogP) is 3.08. The topological polar surface area (TPSA) is 72.2 Å². The number of fused-ring (bicyclic) bond motifs is 1. The van der Waals surface area contributed by atoms with Gasteiger partial charge in [0.2, 0.25) is 5.91 Å². The van der Waals surface area contributed by atoms with Crippen molar-refractivity contribution in [2.24, 2.45) is 0 Å². The highest BCUT2D eigenvalue weighted by atomic mass is 127. The fraction of sp³-hybridized carbons (Fsp3) is 0.200. The quantitative estimate of drug-likeness (QED) is 0.500. The van der Waals surface area contributed by atoms with Crippen molar-refractivity contribution < 1.29 is 4.79 Å². The second-order valence-electron chi connectivity index (χ2n) is 5.00. The van der Waals surface area contributed by atoms with Gasteiger partial charge in [-0.3, -0.25) is 9.20 Å². The average Bonchev–Trinajstić information content (AvgIpc) is 2.91.